The van der Waals surface area contributed by atoms with Crippen molar-refractivity contribution in [2.45, 2.75) is 6.10 Å². The molecule has 15 heavy (non-hydrogen) atoms. The fourth-order valence-corrected chi connectivity index (χ4v) is 1.45. The number of Topliss-reactive ketones (excluding diaryl/α,β-unsaturated/α-hetero) is 1. The monoisotopic (exact) mass is 246 g/mol. The minimum atomic E-state index is -1.49. The van der Waals surface area contributed by atoms with Gasteiger partial charge in [0.1, 0.15) is 0 Å². The van der Waals surface area contributed by atoms with E-state index in [-0.39, 0.29) is 22.8 Å². The molecule has 0 amide bonds. The largest absolute Gasteiger partial charge is 0.379 e. The Labute approximate surface area is 96.6 Å². The molecule has 1 N–H and O–H groups in total. The third-order valence-corrected chi connectivity index (χ3v) is 2.34. The van der Waals surface area contributed by atoms with Crippen molar-refractivity contribution in [3.05, 3.63) is 35.4 Å². The van der Waals surface area contributed by atoms with Gasteiger partial charge < -0.3 is 5.11 Å². The van der Waals surface area contributed by atoms with E-state index in [1.165, 1.54) is 12.1 Å². The lowest BCUT2D eigenvalue weighted by molar-refractivity contribution is -0.119. The van der Waals surface area contributed by atoms with Crippen LogP contribution in [0.1, 0.15) is 22.0 Å². The minimum Gasteiger partial charge on any atom is -0.379 e. The standard InChI is InChI=1S/C10H8Cl2O3/c11-5-8(13)6-3-1-2-4-7(6)9(14)10(12)15/h1-4,9,14H,5H2. The summed E-state index contributed by atoms with van der Waals surface area (Å²) in [7, 11) is 0. The number of alkyl halides is 1. The fraction of sp³-hybridized carbons (Fsp3) is 0.200. The summed E-state index contributed by atoms with van der Waals surface area (Å²) in [5.74, 6) is -0.565. The van der Waals surface area contributed by atoms with Crippen LogP contribution in [0.3, 0.4) is 0 Å². The number of ketones is 1. The van der Waals surface area contributed by atoms with Crippen LogP contribution in [0.2, 0.25) is 0 Å². The quantitative estimate of drug-likeness (QED) is 0.502. The van der Waals surface area contributed by atoms with Crippen molar-refractivity contribution in [3.63, 3.8) is 0 Å². The summed E-state index contributed by atoms with van der Waals surface area (Å²) in [5.41, 5.74) is 0.400. The molecule has 0 saturated carbocycles. The van der Waals surface area contributed by atoms with Crippen molar-refractivity contribution in [1.82, 2.24) is 0 Å². The van der Waals surface area contributed by atoms with Crippen LogP contribution in [0.15, 0.2) is 24.3 Å². The maximum absolute atomic E-state index is 11.4. The van der Waals surface area contributed by atoms with Gasteiger partial charge in [0.05, 0.1) is 5.88 Å². The molecule has 0 heterocycles. The van der Waals surface area contributed by atoms with E-state index < -0.39 is 11.3 Å². The molecule has 0 saturated heterocycles. The summed E-state index contributed by atoms with van der Waals surface area (Å²) < 4.78 is 0. The molecule has 0 aliphatic carbocycles. The molecule has 0 radical (unpaired) electrons. The van der Waals surface area contributed by atoms with Crippen molar-refractivity contribution in [2.75, 3.05) is 5.88 Å². The van der Waals surface area contributed by atoms with Crippen molar-refractivity contribution < 1.29 is 14.7 Å². The first-order valence-corrected chi connectivity index (χ1v) is 5.04. The molecule has 0 fully saturated rings. The molecule has 1 atom stereocenters. The SMILES string of the molecule is O=C(CCl)c1ccccc1C(O)C(=O)Cl. The van der Waals surface area contributed by atoms with E-state index >= 15 is 0 Å². The topological polar surface area (TPSA) is 54.4 Å². The third-order valence-electron chi connectivity index (χ3n) is 1.89. The normalized spacial score (nSPS) is 12.2. The predicted octanol–water partition coefficient (Wildman–Crippen LogP) is 1.91. The van der Waals surface area contributed by atoms with Crippen LogP contribution in [-0.2, 0) is 4.79 Å². The summed E-state index contributed by atoms with van der Waals surface area (Å²) in [6.07, 6.45) is -1.49. The maximum atomic E-state index is 11.4. The van der Waals surface area contributed by atoms with Gasteiger partial charge in [0.15, 0.2) is 11.9 Å². The van der Waals surface area contributed by atoms with Crippen LogP contribution in [0, 0.1) is 0 Å². The zero-order valence-electron chi connectivity index (χ0n) is 7.61. The molecule has 3 nitrogen and oxygen atoms in total. The van der Waals surface area contributed by atoms with Crippen LogP contribution in [0.4, 0.5) is 0 Å². The summed E-state index contributed by atoms with van der Waals surface area (Å²) in [6.45, 7) is 0. The molecule has 1 unspecified atom stereocenters. The highest BCUT2D eigenvalue weighted by molar-refractivity contribution is 6.64. The second-order valence-corrected chi connectivity index (χ2v) is 3.49. The van der Waals surface area contributed by atoms with E-state index in [4.69, 9.17) is 23.2 Å². The van der Waals surface area contributed by atoms with Gasteiger partial charge in [-0.3, -0.25) is 9.59 Å². The first kappa shape index (κ1) is 12.2. The molecular weight excluding hydrogens is 239 g/mol. The number of rotatable bonds is 4. The van der Waals surface area contributed by atoms with Gasteiger partial charge >= 0.3 is 0 Å². The number of halogens is 2. The van der Waals surface area contributed by atoms with E-state index in [0.29, 0.717) is 0 Å². The Kier molecular flexibility index (Phi) is 4.27. The Morgan fingerprint density at radius 3 is 2.47 bits per heavy atom. The second kappa shape index (κ2) is 5.26. The van der Waals surface area contributed by atoms with Crippen molar-refractivity contribution in [1.29, 1.82) is 0 Å². The maximum Gasteiger partial charge on any atom is 0.254 e. The van der Waals surface area contributed by atoms with E-state index in [1.54, 1.807) is 12.1 Å². The van der Waals surface area contributed by atoms with Crippen molar-refractivity contribution in [3.8, 4) is 0 Å². The molecule has 0 bridgehead atoms. The molecule has 1 aromatic carbocycles. The molecule has 1 rings (SSSR count). The Hall–Kier alpha value is -0.900. The first-order valence-electron chi connectivity index (χ1n) is 4.13. The number of benzene rings is 1. The van der Waals surface area contributed by atoms with Crippen molar-refractivity contribution in [2.24, 2.45) is 0 Å². The van der Waals surface area contributed by atoms with E-state index in [1.807, 2.05) is 0 Å². The lowest BCUT2D eigenvalue weighted by Crippen LogP contribution is -2.12. The minimum absolute atomic E-state index is 0.183. The Morgan fingerprint density at radius 1 is 1.33 bits per heavy atom. The average molecular weight is 247 g/mol. The van der Waals surface area contributed by atoms with Crippen LogP contribution < -0.4 is 0 Å². The third kappa shape index (κ3) is 2.78. The van der Waals surface area contributed by atoms with Gasteiger partial charge in [-0.2, -0.15) is 0 Å². The van der Waals surface area contributed by atoms with E-state index in [9.17, 15) is 14.7 Å². The molecule has 5 heteroatoms. The van der Waals surface area contributed by atoms with Gasteiger partial charge in [0, 0.05) is 11.1 Å². The van der Waals surface area contributed by atoms with Crippen LogP contribution in [0.5, 0.6) is 0 Å². The van der Waals surface area contributed by atoms with Gasteiger partial charge in [-0.05, 0) is 11.6 Å². The fourth-order valence-electron chi connectivity index (χ4n) is 1.18. The zero-order valence-corrected chi connectivity index (χ0v) is 9.13. The number of aliphatic hydroxyl groups excluding tert-OH is 1. The summed E-state index contributed by atoms with van der Waals surface area (Å²) >= 11 is 10.5. The Morgan fingerprint density at radius 2 is 1.93 bits per heavy atom. The van der Waals surface area contributed by atoms with Crippen LogP contribution >= 0.6 is 23.2 Å². The number of hydrogen-bond donors (Lipinski definition) is 1. The van der Waals surface area contributed by atoms with Gasteiger partial charge in [-0.1, -0.05) is 24.3 Å². The van der Waals surface area contributed by atoms with Crippen LogP contribution in [-0.4, -0.2) is 22.0 Å². The van der Waals surface area contributed by atoms with E-state index in [2.05, 4.69) is 0 Å². The number of carbonyl (C=O) groups excluding carboxylic acids is 2. The first-order chi connectivity index (χ1) is 7.07. The summed E-state index contributed by atoms with van der Waals surface area (Å²) in [4.78, 5) is 22.1. The van der Waals surface area contributed by atoms with Gasteiger partial charge in [-0.15, -0.1) is 11.6 Å². The van der Waals surface area contributed by atoms with Crippen molar-refractivity contribution >= 4 is 34.2 Å². The molecule has 1 aromatic rings. The molecule has 0 aliphatic heterocycles. The smallest absolute Gasteiger partial charge is 0.254 e. The Balaban J connectivity index is 3.17. The predicted molar refractivity (Wildman–Crippen MR) is 57.3 cm³/mol. The zero-order chi connectivity index (χ0) is 11.4. The van der Waals surface area contributed by atoms with Gasteiger partial charge in [0.2, 0.25) is 0 Å². The molecule has 0 aromatic heterocycles. The lowest BCUT2D eigenvalue weighted by Gasteiger charge is -2.10. The highest BCUT2D eigenvalue weighted by atomic mass is 35.5. The van der Waals surface area contributed by atoms with Gasteiger partial charge in [-0.25, -0.2) is 0 Å². The number of carbonyl (C=O) groups is 2. The second-order valence-electron chi connectivity index (χ2n) is 2.85. The van der Waals surface area contributed by atoms with Gasteiger partial charge in [0.25, 0.3) is 5.24 Å². The summed E-state index contributed by atoms with van der Waals surface area (Å²) in [5, 5.41) is 8.52. The molecular formula is C10H8Cl2O3. The number of aliphatic hydroxyl groups is 1. The lowest BCUT2D eigenvalue weighted by atomic mass is 10.0. The number of hydrogen-bond acceptors (Lipinski definition) is 3. The highest BCUT2D eigenvalue weighted by Crippen LogP contribution is 2.20. The molecule has 0 spiro atoms. The van der Waals surface area contributed by atoms with E-state index in [0.717, 1.165) is 0 Å². The highest BCUT2D eigenvalue weighted by Gasteiger charge is 2.20. The average Bonchev–Trinajstić information content (AvgIpc) is 2.27. The molecule has 0 aliphatic rings. The van der Waals surface area contributed by atoms with Crippen LogP contribution in [0.25, 0.3) is 0 Å². The Bertz CT molecular complexity index is 390. The summed E-state index contributed by atoms with van der Waals surface area (Å²) in [6, 6.07) is 6.17. The molecule has 80 valence electrons.